The fraction of sp³-hybridized carbons (Fsp3) is 0.319. The van der Waals surface area contributed by atoms with Crippen molar-refractivity contribution in [1.82, 2.24) is 10.6 Å². The van der Waals surface area contributed by atoms with Crippen molar-refractivity contribution in [3.8, 4) is 23.0 Å². The van der Waals surface area contributed by atoms with E-state index in [2.05, 4.69) is 10.6 Å². The van der Waals surface area contributed by atoms with Crippen LogP contribution in [0.3, 0.4) is 0 Å². The summed E-state index contributed by atoms with van der Waals surface area (Å²) in [6, 6.07) is 15.6. The number of benzene rings is 4. The van der Waals surface area contributed by atoms with Gasteiger partial charge in [0, 0.05) is 30.5 Å². The maximum Gasteiger partial charge on any atom is 0.410 e. The molecule has 0 radical (unpaired) electrons. The van der Waals surface area contributed by atoms with E-state index in [1.165, 1.54) is 66.4 Å². The second kappa shape index (κ2) is 20.1. The molecule has 0 saturated heterocycles. The molecule has 4 N–H and O–H groups in total. The van der Waals surface area contributed by atoms with Gasteiger partial charge in [0.1, 0.15) is 12.1 Å². The van der Waals surface area contributed by atoms with Crippen molar-refractivity contribution in [3.05, 3.63) is 118 Å². The molecule has 69 heavy (non-hydrogen) atoms. The van der Waals surface area contributed by atoms with Crippen molar-refractivity contribution in [1.29, 1.82) is 0 Å². The number of para-hydroxylation sites is 1. The molecule has 4 heterocycles. The summed E-state index contributed by atoms with van der Waals surface area (Å²) in [5, 5.41) is 5.61. The van der Waals surface area contributed by atoms with Crippen LogP contribution in [0.4, 0.5) is 14.5 Å². The highest BCUT2D eigenvalue weighted by molar-refractivity contribution is 7.54. The lowest BCUT2D eigenvalue weighted by molar-refractivity contribution is -0.128. The van der Waals surface area contributed by atoms with Crippen LogP contribution in [-0.4, -0.2) is 80.9 Å². The molecule has 22 heteroatoms. The quantitative estimate of drug-likeness (QED) is 0.0475. The van der Waals surface area contributed by atoms with Crippen LogP contribution in [0.25, 0.3) is 5.57 Å². The van der Waals surface area contributed by atoms with Crippen molar-refractivity contribution in [2.24, 2.45) is 5.73 Å². The van der Waals surface area contributed by atoms with E-state index in [4.69, 9.17) is 43.2 Å². The molecule has 0 aliphatic carbocycles. The molecular weight excluding hydrogens is 929 g/mol. The Labute approximate surface area is 392 Å². The van der Waals surface area contributed by atoms with Gasteiger partial charge in [-0.1, -0.05) is 42.5 Å². The number of amides is 4. The zero-order valence-corrected chi connectivity index (χ0v) is 37.9. The van der Waals surface area contributed by atoms with Crippen LogP contribution >= 0.6 is 7.60 Å². The molecule has 0 saturated carbocycles. The van der Waals surface area contributed by atoms with Crippen LogP contribution in [0.5, 0.6) is 23.0 Å². The zero-order valence-electron chi connectivity index (χ0n) is 37.0. The Hall–Kier alpha value is -7.35. The summed E-state index contributed by atoms with van der Waals surface area (Å²) >= 11 is 0. The number of hydrogen-bond donors (Lipinski definition) is 3. The number of ether oxygens (including phenoxy) is 6. The van der Waals surface area contributed by atoms with Crippen molar-refractivity contribution in [3.63, 3.8) is 0 Å². The Balaban J connectivity index is 0.943. The third-order valence-electron chi connectivity index (χ3n) is 11.7. The van der Waals surface area contributed by atoms with Gasteiger partial charge in [-0.3, -0.25) is 37.7 Å². The predicted octanol–water partition coefficient (Wildman–Crippen LogP) is 5.61. The first kappa shape index (κ1) is 48.1. The zero-order chi connectivity index (χ0) is 49.0. The van der Waals surface area contributed by atoms with Gasteiger partial charge in [-0.15, -0.1) is 0 Å². The van der Waals surface area contributed by atoms with Crippen molar-refractivity contribution < 1.29 is 79.6 Å². The molecule has 4 aromatic carbocycles. The highest BCUT2D eigenvalue weighted by atomic mass is 31.2. The lowest BCUT2D eigenvalue weighted by atomic mass is 10.0. The number of rotatable bonds is 18. The Morgan fingerprint density at radius 1 is 0.841 bits per heavy atom. The van der Waals surface area contributed by atoms with Gasteiger partial charge < -0.3 is 44.8 Å². The van der Waals surface area contributed by atoms with E-state index in [1.807, 2.05) is 18.2 Å². The molecule has 8 rings (SSSR count). The van der Waals surface area contributed by atoms with Crippen LogP contribution in [0.1, 0.15) is 76.1 Å². The van der Waals surface area contributed by atoms with Crippen molar-refractivity contribution in [2.45, 2.75) is 69.7 Å². The number of fused-ring (bicyclic) bond motifs is 2. The molecule has 0 bridgehead atoms. The number of aryl methyl sites for hydroxylation is 1. The van der Waals surface area contributed by atoms with E-state index in [-0.39, 0.29) is 61.0 Å². The number of hydrogen-bond acceptors (Lipinski definition) is 15. The molecule has 19 nitrogen and oxygen atoms in total. The average molecular weight is 975 g/mol. The van der Waals surface area contributed by atoms with Gasteiger partial charge in [-0.05, 0) is 91.8 Å². The monoisotopic (exact) mass is 974 g/mol. The second-order valence-corrected chi connectivity index (χ2v) is 18.4. The van der Waals surface area contributed by atoms with Crippen LogP contribution in [0.15, 0.2) is 84.9 Å². The number of esters is 2. The topological polar surface area (TPSA) is 247 Å². The molecule has 0 spiro atoms. The maximum absolute atomic E-state index is 16.4. The fourth-order valence-electron chi connectivity index (χ4n) is 8.04. The smallest absolute Gasteiger partial charge is 0.410 e. The number of nitrogens with two attached hydrogens (primary N) is 1. The first-order valence-electron chi connectivity index (χ1n) is 21.5. The van der Waals surface area contributed by atoms with Gasteiger partial charge in [0.25, 0.3) is 0 Å². The van der Waals surface area contributed by atoms with E-state index in [0.717, 1.165) is 23.3 Å². The van der Waals surface area contributed by atoms with Crippen molar-refractivity contribution >= 4 is 54.4 Å². The average Bonchev–Trinajstić information content (AvgIpc) is 4.09. The third kappa shape index (κ3) is 10.4. The first-order chi connectivity index (χ1) is 33.0. The highest BCUT2D eigenvalue weighted by Gasteiger charge is 2.56. The van der Waals surface area contributed by atoms with E-state index >= 15 is 8.78 Å². The van der Waals surface area contributed by atoms with Gasteiger partial charge in [0.2, 0.25) is 50.8 Å². The molecule has 0 aromatic heterocycles. The summed E-state index contributed by atoms with van der Waals surface area (Å²) in [5.41, 5.74) is 2.64. The van der Waals surface area contributed by atoms with Crippen LogP contribution < -0.4 is 40.2 Å². The Morgan fingerprint density at radius 3 is 2.00 bits per heavy atom. The van der Waals surface area contributed by atoms with E-state index in [1.54, 1.807) is 6.92 Å². The van der Waals surface area contributed by atoms with Crippen LogP contribution in [0.2, 0.25) is 0 Å². The number of primary amides is 1. The van der Waals surface area contributed by atoms with Crippen molar-refractivity contribution in [2.75, 3.05) is 32.1 Å². The van der Waals surface area contributed by atoms with Crippen LogP contribution in [-0.2, 0) is 60.8 Å². The number of nitrogens with one attached hydrogen (secondary N) is 2. The predicted molar refractivity (Wildman–Crippen MR) is 237 cm³/mol. The summed E-state index contributed by atoms with van der Waals surface area (Å²) in [7, 11) is -5.74. The van der Waals surface area contributed by atoms with Gasteiger partial charge in [0.05, 0.1) is 16.8 Å². The molecule has 0 unspecified atom stereocenters. The number of nitrogens with zero attached hydrogens (tertiary/aromatic N) is 1. The van der Waals surface area contributed by atoms with Gasteiger partial charge >= 0.3 is 25.2 Å². The summed E-state index contributed by atoms with van der Waals surface area (Å²) < 4.78 is 87.9. The minimum absolute atomic E-state index is 0.0637. The van der Waals surface area contributed by atoms with Crippen LogP contribution in [0, 0.1) is 0 Å². The number of carbonyl (C=O) groups is 6. The molecule has 4 aromatic rings. The largest absolute Gasteiger partial charge is 0.454 e. The number of carbonyl (C=O) groups excluding carboxylic acids is 6. The number of halogens is 2. The fourth-order valence-corrected chi connectivity index (χ4v) is 9.29. The summed E-state index contributed by atoms with van der Waals surface area (Å²) in [4.78, 5) is 79.6. The minimum atomic E-state index is -5.74. The Bertz CT molecular complexity index is 2710. The molecule has 3 atom stereocenters. The standard InChI is InChI=1S/C47H45F2N4O15P/c1-26(18-41(55)52-34-14-9-29-4-3-5-30-19-35(53(42(29)30)44(34)57)43(56)51-27(2)6-17-40(50)54)28-7-12-33(13-8-28)47(48,49)69(60,67-24-65-45(58)31-10-15-36-38(20-31)63-22-61-36)68-25-66-46(59)32-11-16-37-39(21-32)64-23-62-37/h3-5,7-8,10-13,15-16,18,20-21,27,34-35H,6,9,14,17,19,22-25H2,1-2H3,(H2,50,54)(H,51,56)(H,52,55)/b26-18+/t27-,34+,35+/m1/s1. The summed E-state index contributed by atoms with van der Waals surface area (Å²) in [6.45, 7) is 0.532. The second-order valence-electron chi connectivity index (χ2n) is 16.3. The molecular formula is C47H45F2N4O15P. The number of allylic oxidation sites excluding steroid dienone is 1. The molecule has 4 aliphatic rings. The van der Waals surface area contributed by atoms with Gasteiger partial charge in [0.15, 0.2) is 23.0 Å². The molecule has 362 valence electrons. The van der Waals surface area contributed by atoms with E-state index in [9.17, 15) is 33.3 Å². The van der Waals surface area contributed by atoms with Gasteiger partial charge in [-0.25, -0.2) is 9.59 Å². The first-order valence-corrected chi connectivity index (χ1v) is 23.1. The lowest BCUT2D eigenvalue weighted by Gasteiger charge is -2.28. The number of anilines is 1. The van der Waals surface area contributed by atoms with E-state index in [0.29, 0.717) is 35.6 Å². The normalized spacial score (nSPS) is 17.4. The summed E-state index contributed by atoms with van der Waals surface area (Å²) in [6.07, 6.45) is 2.44. The lowest BCUT2D eigenvalue weighted by Crippen LogP contribution is -2.55. The maximum atomic E-state index is 16.4. The highest BCUT2D eigenvalue weighted by Crippen LogP contribution is 2.67. The molecule has 4 amide bonds. The molecule has 4 aliphatic heterocycles. The summed E-state index contributed by atoms with van der Waals surface area (Å²) in [5.74, 6) is -3.00. The third-order valence-corrected chi connectivity index (χ3v) is 13.5. The SMILES string of the molecule is C/C(=C\C(=O)N[C@H]1CCc2cccc3c2N(C1=O)[C@H](C(=O)N[C@H](C)CCC(N)=O)C3)c1ccc(C(F)(F)P(=O)(OCOC(=O)c2ccc3c(c2)OCO3)OCOC(=O)c2ccc3c(c2)OCO3)cc1. The van der Waals surface area contributed by atoms with E-state index < -0.39 is 86.1 Å². The Kier molecular flexibility index (Phi) is 14.0. The van der Waals surface area contributed by atoms with Gasteiger partial charge in [-0.2, -0.15) is 8.78 Å². The molecule has 0 fully saturated rings. The minimum Gasteiger partial charge on any atom is -0.454 e. The Morgan fingerprint density at radius 2 is 1.41 bits per heavy atom. The number of alkyl halides is 2.